The second kappa shape index (κ2) is 3.71. The van der Waals surface area contributed by atoms with Crippen LogP contribution in [0.1, 0.15) is 19.3 Å². The zero-order chi connectivity index (χ0) is 11.1. The molecule has 0 aromatic heterocycles. The summed E-state index contributed by atoms with van der Waals surface area (Å²) >= 11 is 0. The van der Waals surface area contributed by atoms with Gasteiger partial charge in [-0.15, -0.1) is 0 Å². The summed E-state index contributed by atoms with van der Waals surface area (Å²) in [6.45, 7) is 2.27. The Labute approximate surface area is 91.2 Å². The van der Waals surface area contributed by atoms with Gasteiger partial charge in [0.1, 0.15) is 9.84 Å². The van der Waals surface area contributed by atoms with Crippen LogP contribution in [0.4, 0.5) is 0 Å². The normalized spacial score (nSPS) is 26.3. The van der Waals surface area contributed by atoms with Crippen LogP contribution in [-0.2, 0) is 9.84 Å². The molecule has 2 aliphatic rings. The molecule has 2 rings (SSSR count). The highest BCUT2D eigenvalue weighted by Crippen LogP contribution is 2.44. The van der Waals surface area contributed by atoms with E-state index in [0.29, 0.717) is 12.3 Å². The van der Waals surface area contributed by atoms with Crippen LogP contribution in [0, 0.1) is 5.92 Å². The van der Waals surface area contributed by atoms with Crippen LogP contribution in [0.3, 0.4) is 0 Å². The molecule has 0 radical (unpaired) electrons. The van der Waals surface area contributed by atoms with Gasteiger partial charge in [-0.25, -0.2) is 8.42 Å². The first-order chi connectivity index (χ1) is 6.89. The minimum atomic E-state index is -2.83. The Morgan fingerprint density at radius 3 is 2.47 bits per heavy atom. The van der Waals surface area contributed by atoms with Crippen molar-refractivity contribution < 1.29 is 13.5 Å². The Morgan fingerprint density at radius 2 is 2.00 bits per heavy atom. The van der Waals surface area contributed by atoms with Gasteiger partial charge in [-0.2, -0.15) is 0 Å². The van der Waals surface area contributed by atoms with Gasteiger partial charge in [-0.3, -0.25) is 4.90 Å². The number of nitrogens with zero attached hydrogens (tertiary/aromatic N) is 1. The SMILES string of the molecule is CS(=O)(=O)CCCN1CC(O)(C2CC2)C1. The summed E-state index contributed by atoms with van der Waals surface area (Å²) in [6.07, 6.45) is 4.27. The molecule has 4 nitrogen and oxygen atoms in total. The van der Waals surface area contributed by atoms with E-state index in [1.807, 2.05) is 0 Å². The first-order valence-electron chi connectivity index (χ1n) is 5.51. The number of aliphatic hydroxyl groups is 1. The monoisotopic (exact) mass is 233 g/mol. The molecule has 0 atom stereocenters. The van der Waals surface area contributed by atoms with E-state index in [2.05, 4.69) is 4.90 Å². The molecule has 0 unspecified atom stereocenters. The topological polar surface area (TPSA) is 57.6 Å². The summed E-state index contributed by atoms with van der Waals surface area (Å²) in [5, 5.41) is 10.0. The van der Waals surface area contributed by atoms with Crippen molar-refractivity contribution in [1.29, 1.82) is 0 Å². The van der Waals surface area contributed by atoms with Crippen molar-refractivity contribution in [1.82, 2.24) is 4.90 Å². The first kappa shape index (κ1) is 11.4. The molecule has 1 aliphatic carbocycles. The summed E-state index contributed by atoms with van der Waals surface area (Å²) in [7, 11) is -2.83. The predicted molar refractivity (Wildman–Crippen MR) is 58.4 cm³/mol. The van der Waals surface area contributed by atoms with Crippen molar-refractivity contribution >= 4 is 9.84 Å². The molecule has 2 fully saturated rings. The third kappa shape index (κ3) is 2.92. The molecular formula is C10H19NO3S. The maximum Gasteiger partial charge on any atom is 0.147 e. The summed E-state index contributed by atoms with van der Waals surface area (Å²) in [4.78, 5) is 2.14. The molecule has 88 valence electrons. The number of likely N-dealkylation sites (tertiary alicyclic amines) is 1. The minimum absolute atomic E-state index is 0.255. The highest BCUT2D eigenvalue weighted by molar-refractivity contribution is 7.90. The van der Waals surface area contributed by atoms with E-state index in [1.54, 1.807) is 0 Å². The van der Waals surface area contributed by atoms with Crippen LogP contribution in [-0.4, -0.2) is 55.7 Å². The van der Waals surface area contributed by atoms with Crippen LogP contribution >= 0.6 is 0 Å². The molecule has 0 amide bonds. The first-order valence-corrected chi connectivity index (χ1v) is 7.58. The molecule has 0 aromatic carbocycles. The van der Waals surface area contributed by atoms with E-state index < -0.39 is 15.4 Å². The van der Waals surface area contributed by atoms with Crippen LogP contribution in [0.15, 0.2) is 0 Å². The number of sulfone groups is 1. The van der Waals surface area contributed by atoms with Crippen molar-refractivity contribution in [2.45, 2.75) is 24.9 Å². The summed E-state index contributed by atoms with van der Waals surface area (Å²) in [6, 6.07) is 0. The van der Waals surface area contributed by atoms with Crippen molar-refractivity contribution in [3.8, 4) is 0 Å². The van der Waals surface area contributed by atoms with Crippen molar-refractivity contribution in [2.24, 2.45) is 5.92 Å². The fourth-order valence-electron chi connectivity index (χ4n) is 2.32. The number of hydrogen-bond acceptors (Lipinski definition) is 4. The highest BCUT2D eigenvalue weighted by atomic mass is 32.2. The largest absolute Gasteiger partial charge is 0.387 e. The summed E-state index contributed by atoms with van der Waals surface area (Å²) < 4.78 is 21.8. The fourth-order valence-corrected chi connectivity index (χ4v) is 2.97. The lowest BCUT2D eigenvalue weighted by atomic mass is 9.89. The molecule has 1 N–H and O–H groups in total. The van der Waals surface area contributed by atoms with Gasteiger partial charge >= 0.3 is 0 Å². The number of β-amino-alcohol motifs (C(OH)–C–C–N with tert-alkyl or cyclic N) is 1. The Hall–Kier alpha value is -0.130. The number of rotatable bonds is 5. The summed E-state index contributed by atoms with van der Waals surface area (Å²) in [5.74, 6) is 0.773. The standard InChI is InChI=1S/C10H19NO3S/c1-15(13,14)6-2-5-11-7-10(12,8-11)9-3-4-9/h9,12H,2-8H2,1H3. The second-order valence-corrected chi connectivity index (χ2v) is 7.33. The molecular weight excluding hydrogens is 214 g/mol. The molecule has 1 heterocycles. The van der Waals surface area contributed by atoms with E-state index in [-0.39, 0.29) is 5.75 Å². The van der Waals surface area contributed by atoms with Crippen LogP contribution < -0.4 is 0 Å². The van der Waals surface area contributed by atoms with Crippen LogP contribution in [0.5, 0.6) is 0 Å². The lowest BCUT2D eigenvalue weighted by Crippen LogP contribution is -2.63. The average Bonchev–Trinajstić information content (AvgIpc) is 2.80. The van der Waals surface area contributed by atoms with Gasteiger partial charge in [-0.1, -0.05) is 0 Å². The lowest BCUT2D eigenvalue weighted by molar-refractivity contribution is -0.112. The molecule has 0 bridgehead atoms. The van der Waals surface area contributed by atoms with E-state index in [4.69, 9.17) is 0 Å². The van der Waals surface area contributed by atoms with Gasteiger partial charge in [0.05, 0.1) is 11.4 Å². The third-order valence-electron chi connectivity index (χ3n) is 3.32. The zero-order valence-electron chi connectivity index (χ0n) is 9.15. The van der Waals surface area contributed by atoms with Crippen LogP contribution in [0.25, 0.3) is 0 Å². The molecule has 15 heavy (non-hydrogen) atoms. The van der Waals surface area contributed by atoms with E-state index in [9.17, 15) is 13.5 Å². The highest BCUT2D eigenvalue weighted by Gasteiger charge is 2.51. The quantitative estimate of drug-likeness (QED) is 0.719. The van der Waals surface area contributed by atoms with Gasteiger partial charge in [0, 0.05) is 19.3 Å². The predicted octanol–water partition coefficient (Wildman–Crippen LogP) is -0.122. The Balaban J connectivity index is 1.63. The smallest absolute Gasteiger partial charge is 0.147 e. The minimum Gasteiger partial charge on any atom is -0.387 e. The van der Waals surface area contributed by atoms with E-state index >= 15 is 0 Å². The lowest BCUT2D eigenvalue weighted by Gasteiger charge is -2.47. The van der Waals surface area contributed by atoms with Gasteiger partial charge in [0.15, 0.2) is 0 Å². The maximum absolute atomic E-state index is 10.9. The Kier molecular flexibility index (Phi) is 2.81. The van der Waals surface area contributed by atoms with Crippen molar-refractivity contribution in [2.75, 3.05) is 31.6 Å². The average molecular weight is 233 g/mol. The molecule has 0 spiro atoms. The molecule has 5 heteroatoms. The molecule has 1 aliphatic heterocycles. The zero-order valence-corrected chi connectivity index (χ0v) is 9.96. The number of hydrogen-bond donors (Lipinski definition) is 1. The van der Waals surface area contributed by atoms with Crippen molar-refractivity contribution in [3.05, 3.63) is 0 Å². The molecule has 1 saturated heterocycles. The van der Waals surface area contributed by atoms with E-state index in [0.717, 1.165) is 32.5 Å². The fraction of sp³-hybridized carbons (Fsp3) is 1.00. The second-order valence-electron chi connectivity index (χ2n) is 5.07. The third-order valence-corrected chi connectivity index (χ3v) is 4.35. The maximum atomic E-state index is 10.9. The summed E-state index contributed by atoms with van der Waals surface area (Å²) in [5.41, 5.74) is -0.439. The van der Waals surface area contributed by atoms with Gasteiger partial charge in [-0.05, 0) is 31.7 Å². The molecule has 0 aromatic rings. The van der Waals surface area contributed by atoms with Crippen LogP contribution in [0.2, 0.25) is 0 Å². The molecule has 1 saturated carbocycles. The van der Waals surface area contributed by atoms with Gasteiger partial charge in [0.25, 0.3) is 0 Å². The van der Waals surface area contributed by atoms with Gasteiger partial charge in [0.2, 0.25) is 0 Å². The Bertz CT molecular complexity index is 329. The van der Waals surface area contributed by atoms with E-state index in [1.165, 1.54) is 6.26 Å². The van der Waals surface area contributed by atoms with Crippen molar-refractivity contribution in [3.63, 3.8) is 0 Å². The van der Waals surface area contributed by atoms with Gasteiger partial charge < -0.3 is 5.11 Å². The Morgan fingerprint density at radius 1 is 1.40 bits per heavy atom.